The Labute approximate surface area is 123 Å². The Morgan fingerprint density at radius 2 is 1.81 bits per heavy atom. The maximum Gasteiger partial charge on any atom is 0.209 e. The summed E-state index contributed by atoms with van der Waals surface area (Å²) in [6.45, 7) is 0.295. The quantitative estimate of drug-likeness (QED) is 0.802. The van der Waals surface area contributed by atoms with Crippen LogP contribution >= 0.6 is 0 Å². The molecule has 3 aromatic rings. The Kier molecular flexibility index (Phi) is 3.48. The highest BCUT2D eigenvalue weighted by Crippen LogP contribution is 2.18. The highest BCUT2D eigenvalue weighted by atomic mass is 32.2. The molecular formula is C15H15N3O2S. The van der Waals surface area contributed by atoms with E-state index in [4.69, 9.17) is 0 Å². The Balaban J connectivity index is 1.87. The summed E-state index contributed by atoms with van der Waals surface area (Å²) in [6.07, 6.45) is 2.94. The number of para-hydroxylation sites is 2. The van der Waals surface area contributed by atoms with E-state index in [1.165, 1.54) is 0 Å². The summed E-state index contributed by atoms with van der Waals surface area (Å²) < 4.78 is 26.6. The summed E-state index contributed by atoms with van der Waals surface area (Å²) in [5.41, 5.74) is 3.89. The second kappa shape index (κ2) is 5.31. The molecule has 0 aliphatic carbocycles. The molecular weight excluding hydrogens is 286 g/mol. The summed E-state index contributed by atoms with van der Waals surface area (Å²) >= 11 is 0. The molecule has 0 spiro atoms. The van der Waals surface area contributed by atoms with Gasteiger partial charge >= 0.3 is 0 Å². The molecule has 0 saturated carbocycles. The normalized spacial score (nSPS) is 11.9. The van der Waals surface area contributed by atoms with Crippen molar-refractivity contribution in [3.8, 4) is 5.69 Å². The lowest BCUT2D eigenvalue weighted by molar-refractivity contribution is 0.587. The molecule has 0 unspecified atom stereocenters. The molecule has 0 atom stereocenters. The maximum atomic E-state index is 11.1. The van der Waals surface area contributed by atoms with Gasteiger partial charge in [-0.15, -0.1) is 0 Å². The molecule has 1 aromatic heterocycles. The second-order valence-corrected chi connectivity index (χ2v) is 6.70. The topological polar surface area (TPSA) is 64.0 Å². The minimum Gasteiger partial charge on any atom is -0.299 e. The molecule has 0 saturated heterocycles. The zero-order chi connectivity index (χ0) is 14.9. The summed E-state index contributed by atoms with van der Waals surface area (Å²) in [5, 5.41) is 0. The van der Waals surface area contributed by atoms with E-state index in [1.54, 1.807) is 6.33 Å². The molecule has 0 amide bonds. The first-order chi connectivity index (χ1) is 10.0. The molecule has 0 radical (unpaired) electrons. The van der Waals surface area contributed by atoms with Crippen LogP contribution in [0.5, 0.6) is 0 Å². The van der Waals surface area contributed by atoms with E-state index in [-0.39, 0.29) is 0 Å². The van der Waals surface area contributed by atoms with Gasteiger partial charge in [0.25, 0.3) is 0 Å². The zero-order valence-electron chi connectivity index (χ0n) is 11.5. The minimum absolute atomic E-state index is 0.295. The van der Waals surface area contributed by atoms with Crippen molar-refractivity contribution in [2.24, 2.45) is 0 Å². The maximum absolute atomic E-state index is 11.1. The van der Waals surface area contributed by atoms with Crippen molar-refractivity contribution in [3.63, 3.8) is 0 Å². The van der Waals surface area contributed by atoms with Gasteiger partial charge < -0.3 is 0 Å². The third-order valence-corrected chi connectivity index (χ3v) is 3.88. The van der Waals surface area contributed by atoms with Crippen molar-refractivity contribution in [3.05, 3.63) is 60.4 Å². The summed E-state index contributed by atoms with van der Waals surface area (Å²) in [7, 11) is -3.17. The van der Waals surface area contributed by atoms with Crippen molar-refractivity contribution in [2.75, 3.05) is 6.26 Å². The van der Waals surface area contributed by atoms with E-state index in [1.807, 2.05) is 53.1 Å². The van der Waals surface area contributed by atoms with Crippen LogP contribution in [0.2, 0.25) is 0 Å². The van der Waals surface area contributed by atoms with Crippen LogP contribution in [0.4, 0.5) is 0 Å². The number of sulfonamides is 1. The predicted octanol–water partition coefficient (Wildman–Crippen LogP) is 2.07. The second-order valence-electron chi connectivity index (χ2n) is 4.86. The van der Waals surface area contributed by atoms with Crippen LogP contribution in [0.1, 0.15) is 5.56 Å². The van der Waals surface area contributed by atoms with Crippen LogP contribution in [-0.2, 0) is 16.6 Å². The van der Waals surface area contributed by atoms with Gasteiger partial charge in [-0.1, -0.05) is 24.3 Å². The number of hydrogen-bond acceptors (Lipinski definition) is 3. The fourth-order valence-corrected chi connectivity index (χ4v) is 2.58. The number of hydrogen-bond donors (Lipinski definition) is 1. The first kappa shape index (κ1) is 13.8. The van der Waals surface area contributed by atoms with Crippen LogP contribution in [-0.4, -0.2) is 24.2 Å². The number of benzene rings is 2. The van der Waals surface area contributed by atoms with Crippen molar-refractivity contribution >= 4 is 21.1 Å². The number of aromatic nitrogens is 2. The van der Waals surface area contributed by atoms with E-state index < -0.39 is 10.0 Å². The van der Waals surface area contributed by atoms with Gasteiger partial charge in [0.2, 0.25) is 10.0 Å². The fraction of sp³-hybridized carbons (Fsp3) is 0.133. The summed E-state index contributed by atoms with van der Waals surface area (Å²) in [4.78, 5) is 4.36. The molecule has 0 aliphatic rings. The molecule has 108 valence electrons. The van der Waals surface area contributed by atoms with Gasteiger partial charge in [0.1, 0.15) is 6.33 Å². The van der Waals surface area contributed by atoms with Crippen LogP contribution in [0.15, 0.2) is 54.9 Å². The molecule has 21 heavy (non-hydrogen) atoms. The first-order valence-corrected chi connectivity index (χ1v) is 8.38. The average molecular weight is 301 g/mol. The number of fused-ring (bicyclic) bond motifs is 1. The van der Waals surface area contributed by atoms with Crippen molar-refractivity contribution in [2.45, 2.75) is 6.54 Å². The highest BCUT2D eigenvalue weighted by Gasteiger charge is 2.05. The van der Waals surface area contributed by atoms with Gasteiger partial charge in [-0.05, 0) is 29.8 Å². The van der Waals surface area contributed by atoms with Gasteiger partial charge in [-0.2, -0.15) is 0 Å². The summed E-state index contributed by atoms with van der Waals surface area (Å²) in [5.74, 6) is 0. The predicted molar refractivity (Wildman–Crippen MR) is 82.8 cm³/mol. The third-order valence-electron chi connectivity index (χ3n) is 3.21. The zero-order valence-corrected chi connectivity index (χ0v) is 12.3. The molecule has 1 N–H and O–H groups in total. The van der Waals surface area contributed by atoms with E-state index in [0.717, 1.165) is 28.5 Å². The first-order valence-electron chi connectivity index (χ1n) is 6.49. The van der Waals surface area contributed by atoms with Gasteiger partial charge in [-0.3, -0.25) is 4.57 Å². The van der Waals surface area contributed by atoms with Crippen LogP contribution in [0.25, 0.3) is 16.7 Å². The third kappa shape index (κ3) is 3.12. The fourth-order valence-electron chi connectivity index (χ4n) is 2.15. The lowest BCUT2D eigenvalue weighted by Crippen LogP contribution is -2.21. The Morgan fingerprint density at radius 1 is 1.10 bits per heavy atom. The average Bonchev–Trinajstić information content (AvgIpc) is 2.89. The summed E-state index contributed by atoms with van der Waals surface area (Å²) in [6, 6.07) is 15.6. The lowest BCUT2D eigenvalue weighted by Gasteiger charge is -2.06. The van der Waals surface area contributed by atoms with Gasteiger partial charge in [0.05, 0.1) is 17.3 Å². The van der Waals surface area contributed by atoms with E-state index >= 15 is 0 Å². The van der Waals surface area contributed by atoms with Gasteiger partial charge in [-0.25, -0.2) is 18.1 Å². The van der Waals surface area contributed by atoms with E-state index in [0.29, 0.717) is 6.54 Å². The van der Waals surface area contributed by atoms with Crippen molar-refractivity contribution in [1.82, 2.24) is 14.3 Å². The molecule has 5 nitrogen and oxygen atoms in total. The highest BCUT2D eigenvalue weighted by molar-refractivity contribution is 7.88. The molecule has 3 rings (SSSR count). The van der Waals surface area contributed by atoms with E-state index in [2.05, 4.69) is 9.71 Å². The van der Waals surface area contributed by atoms with Gasteiger partial charge in [0, 0.05) is 12.2 Å². The Bertz CT molecular complexity index is 867. The smallest absolute Gasteiger partial charge is 0.209 e. The molecule has 1 heterocycles. The standard InChI is InChI=1S/C15H15N3O2S/c1-21(19,20)17-10-12-6-8-13(9-7-12)18-11-16-14-4-2-3-5-15(14)18/h2-9,11,17H,10H2,1H3. The van der Waals surface area contributed by atoms with E-state index in [9.17, 15) is 8.42 Å². The van der Waals surface area contributed by atoms with Crippen LogP contribution in [0.3, 0.4) is 0 Å². The monoisotopic (exact) mass is 301 g/mol. The lowest BCUT2D eigenvalue weighted by atomic mass is 10.2. The molecule has 2 aromatic carbocycles. The van der Waals surface area contributed by atoms with Crippen LogP contribution in [0, 0.1) is 0 Å². The Morgan fingerprint density at radius 3 is 2.52 bits per heavy atom. The van der Waals surface area contributed by atoms with Crippen molar-refractivity contribution < 1.29 is 8.42 Å². The number of rotatable bonds is 4. The number of nitrogens with one attached hydrogen (secondary N) is 1. The molecule has 0 bridgehead atoms. The number of imidazole rings is 1. The largest absolute Gasteiger partial charge is 0.299 e. The molecule has 0 fully saturated rings. The number of nitrogens with zero attached hydrogens (tertiary/aromatic N) is 2. The van der Waals surface area contributed by atoms with Crippen molar-refractivity contribution in [1.29, 1.82) is 0 Å². The van der Waals surface area contributed by atoms with Crippen LogP contribution < -0.4 is 4.72 Å². The molecule has 6 heteroatoms. The Hall–Kier alpha value is -2.18. The molecule has 0 aliphatic heterocycles. The minimum atomic E-state index is -3.17. The SMILES string of the molecule is CS(=O)(=O)NCc1ccc(-n2cnc3ccccc32)cc1. The van der Waals surface area contributed by atoms with Gasteiger partial charge in [0.15, 0.2) is 0 Å².